The van der Waals surface area contributed by atoms with E-state index >= 15 is 0 Å². The maximum absolute atomic E-state index is 11.9. The lowest BCUT2D eigenvalue weighted by atomic mass is 10.1. The highest BCUT2D eigenvalue weighted by Gasteiger charge is 2.10. The van der Waals surface area contributed by atoms with Gasteiger partial charge in [0.1, 0.15) is 5.75 Å². The summed E-state index contributed by atoms with van der Waals surface area (Å²) >= 11 is 0. The number of rotatable bonds is 6. The number of carboxylic acids is 1. The van der Waals surface area contributed by atoms with Crippen LogP contribution < -0.4 is 4.74 Å². The number of benzene rings is 2. The first-order chi connectivity index (χ1) is 10.6. The molecule has 0 bridgehead atoms. The van der Waals surface area contributed by atoms with Crippen LogP contribution in [0.25, 0.3) is 0 Å². The van der Waals surface area contributed by atoms with E-state index in [2.05, 4.69) is 0 Å². The molecule has 0 aliphatic rings. The van der Waals surface area contributed by atoms with Crippen molar-refractivity contribution in [2.24, 2.45) is 0 Å². The highest BCUT2D eigenvalue weighted by atomic mass is 16.5. The number of carboxylic acid groups (broad SMARTS) is 1. The Kier molecular flexibility index (Phi) is 5.14. The number of esters is 1. The summed E-state index contributed by atoms with van der Waals surface area (Å²) in [6, 6.07) is 13.3. The first-order valence-corrected chi connectivity index (χ1v) is 6.73. The number of hydrogen-bond donors (Lipinski definition) is 1. The number of carbonyl (C=O) groups excluding carboxylic acids is 1. The number of ether oxygens (including phenoxy) is 2. The predicted molar refractivity (Wildman–Crippen MR) is 80.4 cm³/mol. The van der Waals surface area contributed by atoms with Crippen molar-refractivity contribution in [1.82, 2.24) is 0 Å². The van der Waals surface area contributed by atoms with E-state index < -0.39 is 11.9 Å². The van der Waals surface area contributed by atoms with Crippen LogP contribution in [0, 0.1) is 0 Å². The van der Waals surface area contributed by atoms with Crippen LogP contribution in [0.1, 0.15) is 26.3 Å². The van der Waals surface area contributed by atoms with Gasteiger partial charge in [0.05, 0.1) is 24.8 Å². The second-order valence-electron chi connectivity index (χ2n) is 4.62. The molecule has 0 aromatic heterocycles. The van der Waals surface area contributed by atoms with E-state index in [0.29, 0.717) is 6.42 Å². The van der Waals surface area contributed by atoms with Gasteiger partial charge in [0.25, 0.3) is 0 Å². The first kappa shape index (κ1) is 15.6. The van der Waals surface area contributed by atoms with E-state index in [-0.39, 0.29) is 17.7 Å². The molecular formula is C17H16O5. The van der Waals surface area contributed by atoms with Gasteiger partial charge in [-0.25, -0.2) is 9.59 Å². The van der Waals surface area contributed by atoms with Gasteiger partial charge >= 0.3 is 11.9 Å². The zero-order chi connectivity index (χ0) is 15.9. The summed E-state index contributed by atoms with van der Waals surface area (Å²) in [4.78, 5) is 22.7. The third kappa shape index (κ3) is 4.09. The standard InChI is InChI=1S/C17H16O5/c1-21-15-7-5-12(6-8-15)9-10-22-17(20)14-4-2-3-13(11-14)16(18)19/h2-8,11H,9-10H2,1H3,(H,18,19). The van der Waals surface area contributed by atoms with E-state index in [1.54, 1.807) is 7.11 Å². The highest BCUT2D eigenvalue weighted by Crippen LogP contribution is 2.12. The fourth-order valence-corrected chi connectivity index (χ4v) is 1.92. The second-order valence-corrected chi connectivity index (χ2v) is 4.62. The van der Waals surface area contributed by atoms with Crippen LogP contribution in [0.3, 0.4) is 0 Å². The lowest BCUT2D eigenvalue weighted by molar-refractivity contribution is 0.0509. The molecule has 0 atom stereocenters. The van der Waals surface area contributed by atoms with Gasteiger partial charge < -0.3 is 14.6 Å². The normalized spacial score (nSPS) is 10.0. The van der Waals surface area contributed by atoms with Crippen molar-refractivity contribution in [1.29, 1.82) is 0 Å². The third-order valence-corrected chi connectivity index (χ3v) is 3.13. The molecule has 22 heavy (non-hydrogen) atoms. The average molecular weight is 300 g/mol. The zero-order valence-corrected chi connectivity index (χ0v) is 12.1. The van der Waals surface area contributed by atoms with Crippen molar-refractivity contribution in [2.75, 3.05) is 13.7 Å². The van der Waals surface area contributed by atoms with Crippen LogP contribution in [-0.2, 0) is 11.2 Å². The summed E-state index contributed by atoms with van der Waals surface area (Å²) in [5, 5.41) is 8.90. The molecule has 0 spiro atoms. The summed E-state index contributed by atoms with van der Waals surface area (Å²) in [5.41, 5.74) is 1.31. The Labute approximate surface area is 128 Å². The van der Waals surface area contributed by atoms with Crippen LogP contribution in [0.4, 0.5) is 0 Å². The van der Waals surface area contributed by atoms with Crippen molar-refractivity contribution in [3.8, 4) is 5.75 Å². The topological polar surface area (TPSA) is 72.8 Å². The molecule has 0 saturated heterocycles. The molecule has 2 rings (SSSR count). The van der Waals surface area contributed by atoms with Gasteiger partial charge in [-0.05, 0) is 35.9 Å². The van der Waals surface area contributed by atoms with Gasteiger partial charge in [-0.2, -0.15) is 0 Å². The Bertz CT molecular complexity index is 661. The molecule has 0 heterocycles. The van der Waals surface area contributed by atoms with Crippen LogP contribution in [0.5, 0.6) is 5.75 Å². The van der Waals surface area contributed by atoms with Crippen molar-refractivity contribution >= 4 is 11.9 Å². The zero-order valence-electron chi connectivity index (χ0n) is 12.1. The summed E-state index contributed by atoms with van der Waals surface area (Å²) in [6.45, 7) is 0.225. The monoisotopic (exact) mass is 300 g/mol. The molecule has 2 aromatic carbocycles. The van der Waals surface area contributed by atoms with Gasteiger partial charge in [-0.1, -0.05) is 18.2 Å². The van der Waals surface area contributed by atoms with Gasteiger partial charge in [0.2, 0.25) is 0 Å². The fourth-order valence-electron chi connectivity index (χ4n) is 1.92. The van der Waals surface area contributed by atoms with Gasteiger partial charge in [0, 0.05) is 6.42 Å². The second kappa shape index (κ2) is 7.26. The summed E-state index contributed by atoms with van der Waals surface area (Å²) in [7, 11) is 1.60. The van der Waals surface area contributed by atoms with Crippen molar-refractivity contribution in [3.05, 3.63) is 65.2 Å². The first-order valence-electron chi connectivity index (χ1n) is 6.73. The minimum atomic E-state index is -1.08. The maximum atomic E-state index is 11.9. The smallest absolute Gasteiger partial charge is 0.338 e. The van der Waals surface area contributed by atoms with Crippen molar-refractivity contribution in [3.63, 3.8) is 0 Å². The molecule has 0 unspecified atom stereocenters. The Morgan fingerprint density at radius 2 is 1.73 bits per heavy atom. The Hall–Kier alpha value is -2.82. The van der Waals surface area contributed by atoms with E-state index in [1.165, 1.54) is 24.3 Å². The molecule has 0 aliphatic heterocycles. The van der Waals surface area contributed by atoms with E-state index in [0.717, 1.165) is 11.3 Å². The predicted octanol–water partition coefficient (Wildman–Crippen LogP) is 2.79. The van der Waals surface area contributed by atoms with E-state index in [1.807, 2.05) is 24.3 Å². The van der Waals surface area contributed by atoms with Crippen molar-refractivity contribution < 1.29 is 24.2 Å². The number of methoxy groups -OCH3 is 1. The molecule has 114 valence electrons. The average Bonchev–Trinajstić information content (AvgIpc) is 2.55. The third-order valence-electron chi connectivity index (χ3n) is 3.13. The van der Waals surface area contributed by atoms with E-state index in [4.69, 9.17) is 14.6 Å². The van der Waals surface area contributed by atoms with Crippen molar-refractivity contribution in [2.45, 2.75) is 6.42 Å². The van der Waals surface area contributed by atoms with Crippen LogP contribution in [0.2, 0.25) is 0 Å². The molecule has 0 saturated carbocycles. The molecule has 1 N–H and O–H groups in total. The lowest BCUT2D eigenvalue weighted by Gasteiger charge is -2.06. The molecule has 5 heteroatoms. The fraction of sp³-hybridized carbons (Fsp3) is 0.176. The Morgan fingerprint density at radius 1 is 1.05 bits per heavy atom. The van der Waals surface area contributed by atoms with Gasteiger partial charge in [0.15, 0.2) is 0 Å². The Balaban J connectivity index is 1.89. The largest absolute Gasteiger partial charge is 0.497 e. The minimum absolute atomic E-state index is 0.0598. The maximum Gasteiger partial charge on any atom is 0.338 e. The van der Waals surface area contributed by atoms with Gasteiger partial charge in [-0.3, -0.25) is 0 Å². The molecular weight excluding hydrogens is 284 g/mol. The summed E-state index contributed by atoms with van der Waals surface area (Å²) in [6.07, 6.45) is 0.578. The van der Waals surface area contributed by atoms with Crippen LogP contribution >= 0.6 is 0 Å². The molecule has 0 aliphatic carbocycles. The molecule has 0 fully saturated rings. The number of hydrogen-bond acceptors (Lipinski definition) is 4. The number of aromatic carboxylic acids is 1. The summed E-state index contributed by atoms with van der Waals surface area (Å²) in [5.74, 6) is -0.837. The van der Waals surface area contributed by atoms with Crippen LogP contribution in [-0.4, -0.2) is 30.8 Å². The molecule has 2 aromatic rings. The number of carbonyl (C=O) groups is 2. The summed E-state index contributed by atoms with van der Waals surface area (Å²) < 4.78 is 10.2. The van der Waals surface area contributed by atoms with E-state index in [9.17, 15) is 9.59 Å². The molecule has 0 amide bonds. The lowest BCUT2D eigenvalue weighted by Crippen LogP contribution is -2.09. The molecule has 0 radical (unpaired) electrons. The minimum Gasteiger partial charge on any atom is -0.497 e. The molecule has 5 nitrogen and oxygen atoms in total. The Morgan fingerprint density at radius 3 is 2.36 bits per heavy atom. The quantitative estimate of drug-likeness (QED) is 0.830. The van der Waals surface area contributed by atoms with Gasteiger partial charge in [-0.15, -0.1) is 0 Å². The SMILES string of the molecule is COc1ccc(CCOC(=O)c2cccc(C(=O)O)c2)cc1. The van der Waals surface area contributed by atoms with Crippen LogP contribution in [0.15, 0.2) is 48.5 Å². The highest BCUT2D eigenvalue weighted by molar-refractivity contribution is 5.94.